The monoisotopic (exact) mass is 428 g/mol. The largest absolute Gasteiger partial charge is 0.386 e. The van der Waals surface area contributed by atoms with E-state index in [4.69, 9.17) is 0 Å². The summed E-state index contributed by atoms with van der Waals surface area (Å²) in [5, 5.41) is 15.5. The van der Waals surface area contributed by atoms with E-state index < -0.39 is 9.34 Å². The van der Waals surface area contributed by atoms with Crippen LogP contribution in [0.15, 0.2) is 66.7 Å². The number of aliphatic hydroxyl groups is 1. The Morgan fingerprint density at radius 1 is 0.826 bits per heavy atom. The zero-order valence-electron chi connectivity index (χ0n) is 12.2. The zero-order chi connectivity index (χ0) is 16.0. The van der Waals surface area contributed by atoms with Crippen molar-refractivity contribution in [3.05, 3.63) is 82.7 Å². The van der Waals surface area contributed by atoms with Crippen LogP contribution in [0.2, 0.25) is 0 Å². The van der Waals surface area contributed by atoms with E-state index in [0.29, 0.717) is 0 Å². The van der Waals surface area contributed by atoms with Gasteiger partial charge in [-0.3, -0.25) is 0 Å². The Kier molecular flexibility index (Phi) is 3.67. The van der Waals surface area contributed by atoms with Crippen LogP contribution in [0.1, 0.15) is 5.56 Å². The fourth-order valence-corrected chi connectivity index (χ4v) is 4.20. The summed E-state index contributed by atoms with van der Waals surface area (Å²) in [5.74, 6) is 0. The molecular weight excluding hydrogens is 416 g/mol. The van der Waals surface area contributed by atoms with Crippen LogP contribution in [0.4, 0.5) is 0 Å². The standard InChI is InChI=1S/C20H14Br2O/c21-20(22)12-14-7-2-4-10-16(14)18(19(20)23)17-11-5-8-13-6-1-3-9-15(13)17/h1-12,19,23H. The van der Waals surface area contributed by atoms with Gasteiger partial charge in [-0.05, 0) is 38.4 Å². The van der Waals surface area contributed by atoms with Crippen LogP contribution in [0.5, 0.6) is 0 Å². The first-order chi connectivity index (χ1) is 11.1. The predicted molar refractivity (Wildman–Crippen MR) is 103 cm³/mol. The third-order valence-electron chi connectivity index (χ3n) is 4.32. The lowest BCUT2D eigenvalue weighted by atomic mass is 9.88. The smallest absolute Gasteiger partial charge is 0.129 e. The van der Waals surface area contributed by atoms with Crippen LogP contribution in [-0.4, -0.2) is 14.4 Å². The Morgan fingerprint density at radius 2 is 1.52 bits per heavy atom. The number of hydrogen-bond donors (Lipinski definition) is 1. The Hall–Kier alpha value is -1.42. The van der Waals surface area contributed by atoms with Gasteiger partial charge in [0.25, 0.3) is 0 Å². The van der Waals surface area contributed by atoms with Crippen molar-refractivity contribution in [1.82, 2.24) is 0 Å². The summed E-state index contributed by atoms with van der Waals surface area (Å²) < 4.78 is -0.666. The Labute approximate surface area is 151 Å². The van der Waals surface area contributed by atoms with Gasteiger partial charge in [-0.2, -0.15) is 0 Å². The first-order valence-corrected chi connectivity index (χ1v) is 9.03. The molecule has 3 heteroatoms. The Morgan fingerprint density at radius 3 is 2.39 bits per heavy atom. The van der Waals surface area contributed by atoms with E-state index in [-0.39, 0.29) is 0 Å². The van der Waals surface area contributed by atoms with Crippen LogP contribution < -0.4 is 10.4 Å². The molecule has 114 valence electrons. The van der Waals surface area contributed by atoms with E-state index in [1.807, 2.05) is 36.4 Å². The fourth-order valence-electron chi connectivity index (χ4n) is 3.25. The first kappa shape index (κ1) is 15.1. The number of aliphatic hydroxyl groups excluding tert-OH is 1. The molecule has 1 aliphatic carbocycles. The molecule has 0 bridgehead atoms. The van der Waals surface area contributed by atoms with Crippen LogP contribution in [0, 0.1) is 0 Å². The Bertz CT molecular complexity index is 1020. The molecule has 1 nitrogen and oxygen atoms in total. The number of alkyl halides is 2. The molecule has 0 fully saturated rings. The van der Waals surface area contributed by atoms with Crippen LogP contribution in [-0.2, 0) is 0 Å². The number of fused-ring (bicyclic) bond motifs is 2. The lowest BCUT2D eigenvalue weighted by molar-refractivity contribution is 0.238. The maximum Gasteiger partial charge on any atom is 0.129 e. The average Bonchev–Trinajstić information content (AvgIpc) is 2.56. The predicted octanol–water partition coefficient (Wildman–Crippen LogP) is 3.68. The van der Waals surface area contributed by atoms with Gasteiger partial charge >= 0.3 is 0 Å². The normalized spacial score (nSPS) is 19.3. The molecule has 0 amide bonds. The molecule has 0 spiro atoms. The van der Waals surface area contributed by atoms with Crippen LogP contribution in [0.25, 0.3) is 22.4 Å². The lowest BCUT2D eigenvalue weighted by Crippen LogP contribution is -2.44. The number of rotatable bonds is 1. The van der Waals surface area contributed by atoms with Crippen molar-refractivity contribution in [2.45, 2.75) is 9.34 Å². The molecule has 0 heterocycles. The third-order valence-corrected chi connectivity index (χ3v) is 5.64. The van der Waals surface area contributed by atoms with Gasteiger partial charge in [0.05, 0.1) is 0 Å². The maximum absolute atomic E-state index is 11.0. The molecule has 0 aliphatic heterocycles. The molecule has 1 N–H and O–H groups in total. The Balaban J connectivity index is 2.17. The summed E-state index contributed by atoms with van der Waals surface area (Å²) in [6, 6.07) is 22.7. The molecule has 0 aromatic heterocycles. The van der Waals surface area contributed by atoms with Gasteiger partial charge in [-0.1, -0.05) is 98.6 Å². The van der Waals surface area contributed by atoms with E-state index >= 15 is 0 Å². The highest BCUT2D eigenvalue weighted by Gasteiger charge is 2.36. The number of halogens is 2. The molecule has 23 heavy (non-hydrogen) atoms. The van der Waals surface area contributed by atoms with Gasteiger partial charge in [0, 0.05) is 0 Å². The minimum Gasteiger partial charge on any atom is -0.386 e. The van der Waals surface area contributed by atoms with Crippen LogP contribution >= 0.6 is 31.9 Å². The quantitative estimate of drug-likeness (QED) is 0.585. The summed E-state index contributed by atoms with van der Waals surface area (Å²) in [6.07, 6.45) is 1.32. The molecule has 1 aliphatic rings. The van der Waals surface area contributed by atoms with Crippen molar-refractivity contribution in [1.29, 1.82) is 0 Å². The van der Waals surface area contributed by atoms with E-state index in [2.05, 4.69) is 68.3 Å². The second-order valence-corrected chi connectivity index (χ2v) is 9.44. The second kappa shape index (κ2) is 5.59. The van der Waals surface area contributed by atoms with Crippen molar-refractivity contribution in [2.75, 3.05) is 0 Å². The SMILES string of the molecule is OC1C(c2cccc3ccccc23)=c2ccccc2=CC1(Br)Br. The average molecular weight is 430 g/mol. The van der Waals surface area contributed by atoms with E-state index in [1.54, 1.807) is 0 Å². The summed E-state index contributed by atoms with van der Waals surface area (Å²) in [7, 11) is 0. The first-order valence-electron chi connectivity index (χ1n) is 7.44. The van der Waals surface area contributed by atoms with Gasteiger partial charge in [0.1, 0.15) is 9.34 Å². The van der Waals surface area contributed by atoms with Gasteiger partial charge in [-0.15, -0.1) is 0 Å². The van der Waals surface area contributed by atoms with Crippen LogP contribution in [0.3, 0.4) is 0 Å². The highest BCUT2D eigenvalue weighted by molar-refractivity contribution is 9.25. The van der Waals surface area contributed by atoms with Gasteiger partial charge in [0.15, 0.2) is 0 Å². The van der Waals surface area contributed by atoms with Crippen molar-refractivity contribution in [3.8, 4) is 0 Å². The summed E-state index contributed by atoms with van der Waals surface area (Å²) in [5.41, 5.74) is 2.01. The molecule has 4 rings (SSSR count). The third kappa shape index (κ3) is 2.47. The molecule has 3 aromatic carbocycles. The van der Waals surface area contributed by atoms with Gasteiger partial charge < -0.3 is 5.11 Å². The number of benzene rings is 3. The molecule has 1 atom stereocenters. The zero-order valence-corrected chi connectivity index (χ0v) is 15.4. The second-order valence-electron chi connectivity index (χ2n) is 5.75. The van der Waals surface area contributed by atoms with E-state index in [0.717, 1.165) is 27.0 Å². The van der Waals surface area contributed by atoms with Crippen molar-refractivity contribution in [2.24, 2.45) is 0 Å². The molecule has 0 saturated heterocycles. The molecule has 0 saturated carbocycles. The summed E-state index contributed by atoms with van der Waals surface area (Å²) >= 11 is 7.24. The highest BCUT2D eigenvalue weighted by atomic mass is 79.9. The van der Waals surface area contributed by atoms with Gasteiger partial charge in [-0.25, -0.2) is 0 Å². The van der Waals surface area contributed by atoms with Crippen molar-refractivity contribution in [3.63, 3.8) is 0 Å². The van der Waals surface area contributed by atoms with E-state index in [9.17, 15) is 5.11 Å². The summed E-state index contributed by atoms with van der Waals surface area (Å²) in [6.45, 7) is 0. The minimum atomic E-state index is -0.691. The topological polar surface area (TPSA) is 20.2 Å². The fraction of sp³-hybridized carbons (Fsp3) is 0.100. The molecule has 0 radical (unpaired) electrons. The summed E-state index contributed by atoms with van der Waals surface area (Å²) in [4.78, 5) is 0. The van der Waals surface area contributed by atoms with E-state index in [1.165, 1.54) is 5.39 Å². The lowest BCUT2D eigenvalue weighted by Gasteiger charge is -2.30. The molecular formula is C20H14Br2O. The molecule has 1 unspecified atom stereocenters. The highest BCUT2D eigenvalue weighted by Crippen LogP contribution is 2.40. The molecule has 3 aromatic rings. The minimum absolute atomic E-state index is 0.666. The maximum atomic E-state index is 11.0. The van der Waals surface area contributed by atoms with Gasteiger partial charge in [0.2, 0.25) is 0 Å². The number of hydrogen-bond acceptors (Lipinski definition) is 1. The van der Waals surface area contributed by atoms with Crippen molar-refractivity contribution < 1.29 is 5.11 Å². The van der Waals surface area contributed by atoms with Crippen molar-refractivity contribution >= 4 is 54.3 Å².